The molecule has 0 fully saturated rings. The average molecular weight is 389 g/mol. The molecule has 2 atom stereocenters. The van der Waals surface area contributed by atoms with Crippen molar-refractivity contribution in [2.24, 2.45) is 0 Å². The summed E-state index contributed by atoms with van der Waals surface area (Å²) >= 11 is 0. The Balaban J connectivity index is 3.17. The van der Waals surface area contributed by atoms with E-state index in [-0.39, 0.29) is 12.4 Å². The molecule has 5 nitrogen and oxygen atoms in total. The van der Waals surface area contributed by atoms with Gasteiger partial charge in [-0.05, 0) is 63.7 Å². The van der Waals surface area contributed by atoms with Crippen LogP contribution >= 0.6 is 0 Å². The number of allylic oxidation sites excluding steroid dienone is 3. The van der Waals surface area contributed by atoms with Crippen LogP contribution in [0.25, 0.3) is 0 Å². The normalized spacial score (nSPS) is 27.8. The lowest BCUT2D eigenvalue weighted by Gasteiger charge is -2.21. The summed E-state index contributed by atoms with van der Waals surface area (Å²) in [6.45, 7) is 13.0. The smallest absolute Gasteiger partial charge is 0.334 e. The lowest BCUT2D eigenvalue weighted by molar-refractivity contribution is -0.141. The summed E-state index contributed by atoms with van der Waals surface area (Å²) in [5.74, 6) is -0.826. The quantitative estimate of drug-likeness (QED) is 0.442. The second kappa shape index (κ2) is 11.4. The molecule has 0 saturated heterocycles. The monoisotopic (exact) mass is 388 g/mol. The summed E-state index contributed by atoms with van der Waals surface area (Å²) in [5, 5.41) is 10.5. The van der Waals surface area contributed by atoms with Gasteiger partial charge < -0.3 is 14.6 Å². The van der Waals surface area contributed by atoms with Crippen LogP contribution in [0.15, 0.2) is 59.3 Å². The molecule has 0 heterocycles. The number of hydrogen-bond acceptors (Lipinski definition) is 5. The van der Waals surface area contributed by atoms with Crippen molar-refractivity contribution >= 4 is 11.9 Å². The minimum absolute atomic E-state index is 0.278. The largest absolute Gasteiger partial charge is 0.466 e. The number of carbonyl (C=O) groups excluding carboxylic acids is 2. The SMILES string of the molecule is C=C(C)C(=O)O[C@H]1/C=C(\C)CC/C=C(\C(=O)OC)CC/C=C(\C)[C@@H](O)CC1=C. The topological polar surface area (TPSA) is 72.8 Å². The zero-order valence-corrected chi connectivity index (χ0v) is 17.4. The van der Waals surface area contributed by atoms with Gasteiger partial charge in [-0.2, -0.15) is 0 Å². The second-order valence-electron chi connectivity index (χ2n) is 7.24. The van der Waals surface area contributed by atoms with Crippen molar-refractivity contribution in [3.8, 4) is 0 Å². The van der Waals surface area contributed by atoms with Crippen molar-refractivity contribution in [3.63, 3.8) is 0 Å². The highest BCUT2D eigenvalue weighted by Crippen LogP contribution is 2.22. The Bertz CT molecular complexity index is 709. The van der Waals surface area contributed by atoms with Gasteiger partial charge in [0.1, 0.15) is 6.10 Å². The van der Waals surface area contributed by atoms with E-state index in [1.807, 2.05) is 32.1 Å². The summed E-state index contributed by atoms with van der Waals surface area (Å²) in [7, 11) is 1.37. The fourth-order valence-electron chi connectivity index (χ4n) is 2.80. The van der Waals surface area contributed by atoms with Crippen molar-refractivity contribution in [1.82, 2.24) is 0 Å². The van der Waals surface area contributed by atoms with Crippen molar-refractivity contribution < 1.29 is 24.2 Å². The van der Waals surface area contributed by atoms with Gasteiger partial charge in [0.2, 0.25) is 0 Å². The molecule has 1 aliphatic carbocycles. The van der Waals surface area contributed by atoms with Crippen LogP contribution in [0.4, 0.5) is 0 Å². The Morgan fingerprint density at radius 1 is 1.18 bits per heavy atom. The van der Waals surface area contributed by atoms with E-state index in [9.17, 15) is 14.7 Å². The fourth-order valence-corrected chi connectivity index (χ4v) is 2.80. The van der Waals surface area contributed by atoms with Crippen LogP contribution in [0.2, 0.25) is 0 Å². The molecule has 1 aliphatic rings. The number of aliphatic hydroxyl groups excluding tert-OH is 1. The van der Waals surface area contributed by atoms with Gasteiger partial charge in [-0.1, -0.05) is 30.9 Å². The lowest BCUT2D eigenvalue weighted by Crippen LogP contribution is -2.22. The van der Waals surface area contributed by atoms with Gasteiger partial charge in [0.25, 0.3) is 0 Å². The fraction of sp³-hybridized carbons (Fsp3) is 0.478. The maximum absolute atomic E-state index is 12.0. The predicted octanol–water partition coefficient (Wildman–Crippen LogP) is 4.35. The van der Waals surface area contributed by atoms with Crippen LogP contribution in [0.3, 0.4) is 0 Å². The third-order valence-corrected chi connectivity index (χ3v) is 4.66. The van der Waals surface area contributed by atoms with Crippen LogP contribution in [-0.4, -0.2) is 36.4 Å². The Morgan fingerprint density at radius 3 is 2.43 bits per heavy atom. The third kappa shape index (κ3) is 7.69. The highest BCUT2D eigenvalue weighted by atomic mass is 16.5. The van der Waals surface area contributed by atoms with E-state index < -0.39 is 18.2 Å². The Hall–Kier alpha value is -2.40. The van der Waals surface area contributed by atoms with Crippen molar-refractivity contribution in [2.75, 3.05) is 7.11 Å². The molecule has 0 aromatic rings. The third-order valence-electron chi connectivity index (χ3n) is 4.66. The number of hydrogen-bond donors (Lipinski definition) is 1. The van der Waals surface area contributed by atoms with Gasteiger partial charge in [-0.3, -0.25) is 0 Å². The first kappa shape index (κ1) is 23.6. The van der Waals surface area contributed by atoms with Crippen molar-refractivity contribution in [3.05, 3.63) is 59.3 Å². The first-order valence-electron chi connectivity index (χ1n) is 9.49. The Morgan fingerprint density at radius 2 is 1.82 bits per heavy atom. The molecule has 154 valence electrons. The van der Waals surface area contributed by atoms with E-state index in [1.54, 1.807) is 6.92 Å². The number of ether oxygens (including phenoxy) is 2. The molecule has 0 bridgehead atoms. The molecular weight excluding hydrogens is 356 g/mol. The minimum atomic E-state index is -0.735. The van der Waals surface area contributed by atoms with E-state index >= 15 is 0 Å². The van der Waals surface area contributed by atoms with E-state index in [4.69, 9.17) is 9.47 Å². The van der Waals surface area contributed by atoms with Gasteiger partial charge in [0.15, 0.2) is 0 Å². The highest BCUT2D eigenvalue weighted by Gasteiger charge is 2.20. The molecule has 0 radical (unpaired) electrons. The molecule has 0 aliphatic heterocycles. The van der Waals surface area contributed by atoms with Gasteiger partial charge >= 0.3 is 11.9 Å². The van der Waals surface area contributed by atoms with Crippen LogP contribution in [0.5, 0.6) is 0 Å². The molecule has 0 spiro atoms. The summed E-state index contributed by atoms with van der Waals surface area (Å²) in [4.78, 5) is 24.0. The Labute approximate surface area is 168 Å². The number of rotatable bonds is 3. The molecule has 0 unspecified atom stereocenters. The van der Waals surface area contributed by atoms with E-state index in [0.29, 0.717) is 42.4 Å². The van der Waals surface area contributed by atoms with E-state index in [0.717, 1.165) is 11.1 Å². The van der Waals surface area contributed by atoms with Crippen molar-refractivity contribution in [1.29, 1.82) is 0 Å². The molecule has 1 rings (SSSR count). The minimum Gasteiger partial charge on any atom is -0.466 e. The van der Waals surface area contributed by atoms with Crippen LogP contribution < -0.4 is 0 Å². The predicted molar refractivity (Wildman–Crippen MR) is 111 cm³/mol. The Kier molecular flexibility index (Phi) is 9.66. The summed E-state index contributed by atoms with van der Waals surface area (Å²) in [5.41, 5.74) is 3.34. The van der Waals surface area contributed by atoms with Gasteiger partial charge in [-0.25, -0.2) is 9.59 Å². The number of esters is 2. The van der Waals surface area contributed by atoms with Gasteiger partial charge in [-0.15, -0.1) is 0 Å². The molecule has 0 amide bonds. The first-order valence-corrected chi connectivity index (χ1v) is 9.49. The summed E-state index contributed by atoms with van der Waals surface area (Å²) in [6, 6.07) is 0. The maximum atomic E-state index is 12.0. The second-order valence-corrected chi connectivity index (χ2v) is 7.24. The molecule has 0 saturated carbocycles. The number of carbonyl (C=O) groups is 2. The number of methoxy groups -OCH3 is 1. The highest BCUT2D eigenvalue weighted by molar-refractivity contribution is 5.88. The molecule has 0 aromatic heterocycles. The molecule has 1 N–H and O–H groups in total. The van der Waals surface area contributed by atoms with Crippen LogP contribution in [0.1, 0.15) is 52.9 Å². The lowest BCUT2D eigenvalue weighted by atomic mass is 9.95. The first-order chi connectivity index (χ1) is 13.1. The standard InChI is InChI=1S/C23H32O5/c1-15(2)22(25)28-21-13-16(3)9-7-11-19(23(26)27-6)12-8-10-17(4)20(24)14-18(21)5/h10-11,13,20-21,24H,1,5,7-9,12,14H2,2-4,6H3/b16-13+,17-10+,19-11-/t20-,21-/m0/s1. The summed E-state index contributed by atoms with van der Waals surface area (Å²) in [6.07, 6.45) is 7.09. The summed E-state index contributed by atoms with van der Waals surface area (Å²) < 4.78 is 10.4. The van der Waals surface area contributed by atoms with Gasteiger partial charge in [0.05, 0.1) is 13.2 Å². The van der Waals surface area contributed by atoms with E-state index in [1.165, 1.54) is 7.11 Å². The van der Waals surface area contributed by atoms with Gasteiger partial charge in [0, 0.05) is 17.6 Å². The number of aliphatic hydroxyl groups is 1. The maximum Gasteiger partial charge on any atom is 0.334 e. The molecular formula is C23H32O5. The van der Waals surface area contributed by atoms with E-state index in [2.05, 4.69) is 13.2 Å². The van der Waals surface area contributed by atoms with Crippen LogP contribution in [0, 0.1) is 0 Å². The molecule has 5 heteroatoms. The molecule has 0 aromatic carbocycles. The van der Waals surface area contributed by atoms with Crippen LogP contribution in [-0.2, 0) is 19.1 Å². The zero-order chi connectivity index (χ0) is 21.3. The average Bonchev–Trinajstić information content (AvgIpc) is 2.64. The van der Waals surface area contributed by atoms with Crippen molar-refractivity contribution in [2.45, 2.75) is 65.1 Å². The zero-order valence-electron chi connectivity index (χ0n) is 17.4. The molecule has 28 heavy (non-hydrogen) atoms.